The summed E-state index contributed by atoms with van der Waals surface area (Å²) in [7, 11) is 0. The Labute approximate surface area is 362 Å². The molecule has 13 rings (SSSR count). The van der Waals surface area contributed by atoms with Crippen molar-refractivity contribution in [1.82, 2.24) is 0 Å². The van der Waals surface area contributed by atoms with Gasteiger partial charge in [0.15, 0.2) is 0 Å². The lowest BCUT2D eigenvalue weighted by molar-refractivity contribution is 0.661. The number of benzene rings is 12. The summed E-state index contributed by atoms with van der Waals surface area (Å²) in [6.07, 6.45) is 0. The quantitative estimate of drug-likeness (QED) is 0.156. The Morgan fingerprint density at radius 3 is 1.56 bits per heavy atom. The van der Waals surface area contributed by atoms with E-state index in [2.05, 4.69) is 216 Å². The largest absolute Gasteiger partial charge is 0.0616 e. The van der Waals surface area contributed by atoms with Crippen LogP contribution in [0.5, 0.6) is 0 Å². The van der Waals surface area contributed by atoms with Crippen LogP contribution in [0.1, 0.15) is 50.3 Å². The van der Waals surface area contributed by atoms with Crippen molar-refractivity contribution in [1.29, 1.82) is 0 Å². The van der Waals surface area contributed by atoms with Crippen LogP contribution >= 0.6 is 0 Å². The van der Waals surface area contributed by atoms with Crippen LogP contribution in [-0.4, -0.2) is 0 Å². The van der Waals surface area contributed by atoms with Crippen molar-refractivity contribution in [3.8, 4) is 44.5 Å². The third kappa shape index (κ3) is 4.90. The zero-order valence-electron chi connectivity index (χ0n) is 35.5. The molecular formula is C62H44. The first-order valence-corrected chi connectivity index (χ1v) is 22.2. The fourth-order valence-corrected chi connectivity index (χ4v) is 11.5. The Bertz CT molecular complexity index is 3850. The lowest BCUT2D eigenvalue weighted by Crippen LogP contribution is -2.15. The molecule has 0 heterocycles. The SMILES string of the molecule is CC(C)c1ccc2ccc3c(-c4ccc(-c5ccc6c(c5)C(C)(C)c5cc7c8ccccc8c8ccccc8c7cc5-6)c(-c5cccc6ccccc56)c4)ccc4ccc1c2c43. The molecule has 62 heavy (non-hydrogen) atoms. The Kier molecular flexibility index (Phi) is 7.36. The zero-order valence-corrected chi connectivity index (χ0v) is 35.5. The van der Waals surface area contributed by atoms with Crippen LogP contribution in [0.3, 0.4) is 0 Å². The van der Waals surface area contributed by atoms with Crippen LogP contribution in [0.15, 0.2) is 188 Å². The van der Waals surface area contributed by atoms with Gasteiger partial charge < -0.3 is 0 Å². The molecular weight excluding hydrogens is 745 g/mol. The number of hydrogen-bond acceptors (Lipinski definition) is 0. The van der Waals surface area contributed by atoms with Crippen LogP contribution in [0, 0.1) is 0 Å². The molecule has 0 unspecified atom stereocenters. The van der Waals surface area contributed by atoms with E-state index < -0.39 is 0 Å². The number of hydrogen-bond donors (Lipinski definition) is 0. The summed E-state index contributed by atoms with van der Waals surface area (Å²) in [6, 6.07) is 71.6. The summed E-state index contributed by atoms with van der Waals surface area (Å²) >= 11 is 0. The fraction of sp³-hybridized carbons (Fsp3) is 0.0968. The molecule has 0 N–H and O–H groups in total. The highest BCUT2D eigenvalue weighted by molar-refractivity contribution is 6.27. The average Bonchev–Trinajstić information content (AvgIpc) is 3.53. The molecule has 12 aromatic carbocycles. The summed E-state index contributed by atoms with van der Waals surface area (Å²) in [5.74, 6) is 0.453. The lowest BCUT2D eigenvalue weighted by atomic mass is 9.80. The van der Waals surface area contributed by atoms with E-state index in [0.29, 0.717) is 5.92 Å². The van der Waals surface area contributed by atoms with Crippen LogP contribution in [0.4, 0.5) is 0 Å². The van der Waals surface area contributed by atoms with E-state index in [1.54, 1.807) is 0 Å². The van der Waals surface area contributed by atoms with Crippen molar-refractivity contribution in [2.24, 2.45) is 0 Å². The second kappa shape index (κ2) is 12.9. The Morgan fingerprint density at radius 2 is 0.839 bits per heavy atom. The second-order valence-electron chi connectivity index (χ2n) is 18.6. The Balaban J connectivity index is 1.03. The van der Waals surface area contributed by atoms with Gasteiger partial charge in [-0.3, -0.25) is 0 Å². The van der Waals surface area contributed by atoms with E-state index in [-0.39, 0.29) is 5.41 Å². The van der Waals surface area contributed by atoms with Gasteiger partial charge in [-0.15, -0.1) is 0 Å². The Hall–Kier alpha value is -7.28. The number of rotatable bonds is 4. The van der Waals surface area contributed by atoms with Crippen molar-refractivity contribution in [3.63, 3.8) is 0 Å². The minimum absolute atomic E-state index is 0.182. The minimum Gasteiger partial charge on any atom is -0.0616 e. The maximum absolute atomic E-state index is 2.51. The smallest absolute Gasteiger partial charge is 0.0159 e. The highest BCUT2D eigenvalue weighted by Crippen LogP contribution is 2.53. The molecule has 1 aliphatic carbocycles. The molecule has 0 bridgehead atoms. The summed E-state index contributed by atoms with van der Waals surface area (Å²) < 4.78 is 0. The van der Waals surface area contributed by atoms with Gasteiger partial charge in [-0.1, -0.05) is 191 Å². The van der Waals surface area contributed by atoms with Gasteiger partial charge in [0.25, 0.3) is 0 Å². The first kappa shape index (κ1) is 35.5. The van der Waals surface area contributed by atoms with Gasteiger partial charge in [-0.2, -0.15) is 0 Å². The first-order chi connectivity index (χ1) is 30.3. The molecule has 0 amide bonds. The maximum atomic E-state index is 2.51. The van der Waals surface area contributed by atoms with Crippen molar-refractivity contribution in [2.75, 3.05) is 0 Å². The van der Waals surface area contributed by atoms with Gasteiger partial charge in [0.2, 0.25) is 0 Å². The van der Waals surface area contributed by atoms with Gasteiger partial charge >= 0.3 is 0 Å². The van der Waals surface area contributed by atoms with Crippen molar-refractivity contribution < 1.29 is 0 Å². The van der Waals surface area contributed by atoms with Crippen molar-refractivity contribution in [3.05, 3.63) is 205 Å². The van der Waals surface area contributed by atoms with Gasteiger partial charge in [0, 0.05) is 5.41 Å². The Morgan fingerprint density at radius 1 is 0.306 bits per heavy atom. The first-order valence-electron chi connectivity index (χ1n) is 22.2. The molecule has 0 aliphatic heterocycles. The van der Waals surface area contributed by atoms with Crippen molar-refractivity contribution in [2.45, 2.75) is 39.0 Å². The summed E-state index contributed by atoms with van der Waals surface area (Å²) in [4.78, 5) is 0. The maximum Gasteiger partial charge on any atom is 0.0159 e. The van der Waals surface area contributed by atoms with Gasteiger partial charge in [0.1, 0.15) is 0 Å². The minimum atomic E-state index is -0.182. The third-order valence-electron chi connectivity index (χ3n) is 14.6. The van der Waals surface area contributed by atoms with Gasteiger partial charge in [-0.25, -0.2) is 0 Å². The van der Waals surface area contributed by atoms with Crippen LogP contribution in [-0.2, 0) is 5.41 Å². The number of fused-ring (bicyclic) bond motifs is 10. The predicted octanol–water partition coefficient (Wildman–Crippen LogP) is 17.6. The lowest BCUT2D eigenvalue weighted by Gasteiger charge is -2.23. The summed E-state index contributed by atoms with van der Waals surface area (Å²) in [6.45, 7) is 9.45. The van der Waals surface area contributed by atoms with Crippen LogP contribution in [0.25, 0.3) is 120 Å². The van der Waals surface area contributed by atoms with Crippen LogP contribution in [0.2, 0.25) is 0 Å². The molecule has 0 saturated carbocycles. The molecule has 0 radical (unpaired) electrons. The highest BCUT2D eigenvalue weighted by Gasteiger charge is 2.36. The second-order valence-corrected chi connectivity index (χ2v) is 18.6. The molecule has 12 aromatic rings. The molecule has 0 saturated heterocycles. The van der Waals surface area contributed by atoms with Gasteiger partial charge in [-0.05, 0) is 167 Å². The standard InChI is InChI=1S/C62H44/c1-36(2)42-26-20-38-23-31-53-44(27-21-39-22-30-52(42)60(38)61(39)53)40-24-28-45(54(32-40)46-19-11-13-37-12-5-6-14-43(37)46)41-25-29-51-57-34-55-49-17-9-7-15-47(49)48-16-8-10-18-50(48)56(55)35-59(57)62(3,4)58(51)33-41/h5-36H,1-4H3. The monoisotopic (exact) mass is 788 g/mol. The van der Waals surface area contributed by atoms with Gasteiger partial charge in [0.05, 0.1) is 0 Å². The summed E-state index contributed by atoms with van der Waals surface area (Å²) in [5.41, 5.74) is 14.2. The van der Waals surface area contributed by atoms with E-state index in [4.69, 9.17) is 0 Å². The van der Waals surface area contributed by atoms with E-state index in [1.807, 2.05) is 0 Å². The zero-order chi connectivity index (χ0) is 41.4. The molecule has 1 aliphatic rings. The highest BCUT2D eigenvalue weighted by atomic mass is 14.4. The topological polar surface area (TPSA) is 0 Å². The molecule has 0 nitrogen and oxygen atoms in total. The van der Waals surface area contributed by atoms with E-state index in [0.717, 1.165) is 0 Å². The molecule has 0 aromatic heterocycles. The fourth-order valence-electron chi connectivity index (χ4n) is 11.5. The molecule has 0 spiro atoms. The van der Waals surface area contributed by atoms with E-state index >= 15 is 0 Å². The van der Waals surface area contributed by atoms with E-state index in [1.165, 1.54) is 137 Å². The normalized spacial score (nSPS) is 13.4. The van der Waals surface area contributed by atoms with E-state index in [9.17, 15) is 0 Å². The molecule has 0 fully saturated rings. The average molecular weight is 789 g/mol. The molecule has 292 valence electrons. The van der Waals surface area contributed by atoms with Crippen molar-refractivity contribution >= 4 is 75.4 Å². The third-order valence-corrected chi connectivity index (χ3v) is 14.6. The van der Waals surface area contributed by atoms with Crippen LogP contribution < -0.4 is 0 Å². The predicted molar refractivity (Wildman–Crippen MR) is 268 cm³/mol. The summed E-state index contributed by atoms with van der Waals surface area (Å²) in [5, 5.41) is 18.5. The molecule has 0 atom stereocenters. The molecule has 0 heteroatoms.